The average Bonchev–Trinajstić information content (AvgIpc) is 2.01. The van der Waals surface area contributed by atoms with Gasteiger partial charge in [-0.05, 0) is 39.2 Å². The van der Waals surface area contributed by atoms with Crippen LogP contribution in [0, 0.1) is 13.8 Å². The lowest BCUT2D eigenvalue weighted by Gasteiger charge is -2.23. The number of hydrogen-bond acceptors (Lipinski definition) is 1. The topological polar surface area (TPSA) is 26.0 Å². The van der Waals surface area contributed by atoms with Gasteiger partial charge in [-0.3, -0.25) is 0 Å². The van der Waals surface area contributed by atoms with Crippen molar-refractivity contribution in [3.05, 3.63) is 34.9 Å². The zero-order valence-corrected chi connectivity index (χ0v) is 9.72. The second kappa shape index (κ2) is 4.14. The van der Waals surface area contributed by atoms with Gasteiger partial charge in [0.25, 0.3) is 0 Å². The molecular formula is C13H21N. The van der Waals surface area contributed by atoms with E-state index in [-0.39, 0.29) is 5.54 Å². The normalized spacial score (nSPS) is 15.2. The smallest absolute Gasteiger partial charge is 0.0163 e. The van der Waals surface area contributed by atoms with Crippen molar-refractivity contribution in [3.63, 3.8) is 0 Å². The Morgan fingerprint density at radius 3 is 2.07 bits per heavy atom. The molecule has 0 aliphatic carbocycles. The Morgan fingerprint density at radius 1 is 1.14 bits per heavy atom. The van der Waals surface area contributed by atoms with E-state index in [9.17, 15) is 0 Å². The molecule has 14 heavy (non-hydrogen) atoms. The third-order valence-electron chi connectivity index (χ3n) is 2.70. The van der Waals surface area contributed by atoms with Crippen molar-refractivity contribution in [2.45, 2.75) is 46.1 Å². The van der Waals surface area contributed by atoms with Crippen molar-refractivity contribution in [3.8, 4) is 0 Å². The van der Waals surface area contributed by atoms with E-state index in [4.69, 9.17) is 5.73 Å². The van der Waals surface area contributed by atoms with Gasteiger partial charge in [0.2, 0.25) is 0 Å². The molecule has 1 atom stereocenters. The lowest BCUT2D eigenvalue weighted by atomic mass is 9.90. The summed E-state index contributed by atoms with van der Waals surface area (Å²) >= 11 is 0. The lowest BCUT2D eigenvalue weighted by molar-refractivity contribution is 0.450. The summed E-state index contributed by atoms with van der Waals surface area (Å²) in [5, 5.41) is 0. The molecule has 1 aromatic rings. The molecule has 0 amide bonds. The molecule has 0 saturated heterocycles. The van der Waals surface area contributed by atoms with E-state index in [1.807, 2.05) is 0 Å². The molecule has 0 saturated carbocycles. The maximum atomic E-state index is 6.15. The van der Waals surface area contributed by atoms with Crippen molar-refractivity contribution < 1.29 is 0 Å². The highest BCUT2D eigenvalue weighted by Crippen LogP contribution is 2.16. The molecule has 78 valence electrons. The number of nitrogens with two attached hydrogens (primary N) is 1. The minimum atomic E-state index is -0.0692. The van der Waals surface area contributed by atoms with E-state index in [1.54, 1.807) is 0 Å². The molecule has 1 rings (SSSR count). The fraction of sp³-hybridized carbons (Fsp3) is 0.538. The van der Waals surface area contributed by atoms with E-state index < -0.39 is 0 Å². The Kier molecular flexibility index (Phi) is 3.33. The first-order chi connectivity index (χ1) is 6.43. The number of benzene rings is 1. The molecule has 1 nitrogen and oxygen atoms in total. The minimum Gasteiger partial charge on any atom is -0.325 e. The van der Waals surface area contributed by atoms with E-state index in [0.717, 1.165) is 12.8 Å². The van der Waals surface area contributed by atoms with Gasteiger partial charge in [0.05, 0.1) is 0 Å². The van der Waals surface area contributed by atoms with Gasteiger partial charge >= 0.3 is 0 Å². The standard InChI is InChI=1S/C13H21N/c1-5-13(4,14)9-12-7-10(2)6-11(3)8-12/h6-8H,5,9,14H2,1-4H3. The van der Waals surface area contributed by atoms with E-state index in [1.165, 1.54) is 16.7 Å². The highest BCUT2D eigenvalue weighted by molar-refractivity contribution is 5.29. The van der Waals surface area contributed by atoms with Gasteiger partial charge in [0.15, 0.2) is 0 Å². The van der Waals surface area contributed by atoms with Gasteiger partial charge in [-0.1, -0.05) is 36.2 Å². The van der Waals surface area contributed by atoms with Crippen molar-refractivity contribution in [1.82, 2.24) is 0 Å². The van der Waals surface area contributed by atoms with Crippen molar-refractivity contribution in [1.29, 1.82) is 0 Å². The first kappa shape index (κ1) is 11.3. The predicted octanol–water partition coefficient (Wildman–Crippen LogP) is 2.97. The van der Waals surface area contributed by atoms with Crippen LogP contribution in [0.3, 0.4) is 0 Å². The monoisotopic (exact) mass is 191 g/mol. The summed E-state index contributed by atoms with van der Waals surface area (Å²) in [5.74, 6) is 0. The molecule has 2 N–H and O–H groups in total. The number of hydrogen-bond donors (Lipinski definition) is 1. The Bertz CT molecular complexity index is 293. The zero-order chi connectivity index (χ0) is 10.8. The molecule has 0 aliphatic heterocycles. The number of rotatable bonds is 3. The summed E-state index contributed by atoms with van der Waals surface area (Å²) in [6, 6.07) is 6.66. The molecule has 0 heterocycles. The van der Waals surface area contributed by atoms with Gasteiger partial charge in [-0.25, -0.2) is 0 Å². The Morgan fingerprint density at radius 2 is 1.64 bits per heavy atom. The van der Waals surface area contributed by atoms with Crippen LogP contribution in [0.4, 0.5) is 0 Å². The Labute approximate surface area is 87.3 Å². The summed E-state index contributed by atoms with van der Waals surface area (Å²) in [5.41, 5.74) is 10.1. The SMILES string of the molecule is CCC(C)(N)Cc1cc(C)cc(C)c1. The third-order valence-corrected chi connectivity index (χ3v) is 2.70. The number of aryl methyl sites for hydroxylation is 2. The van der Waals surface area contributed by atoms with Crippen LogP contribution < -0.4 is 5.73 Å². The van der Waals surface area contributed by atoms with Gasteiger partial charge in [-0.2, -0.15) is 0 Å². The summed E-state index contributed by atoms with van der Waals surface area (Å²) < 4.78 is 0. The minimum absolute atomic E-state index is 0.0692. The van der Waals surface area contributed by atoms with Gasteiger partial charge in [-0.15, -0.1) is 0 Å². The van der Waals surface area contributed by atoms with Gasteiger partial charge in [0, 0.05) is 5.54 Å². The summed E-state index contributed by atoms with van der Waals surface area (Å²) in [6.07, 6.45) is 1.98. The van der Waals surface area contributed by atoms with Crippen LogP contribution in [0.1, 0.15) is 37.0 Å². The Hall–Kier alpha value is -0.820. The van der Waals surface area contributed by atoms with Crippen molar-refractivity contribution in [2.75, 3.05) is 0 Å². The van der Waals surface area contributed by atoms with Crippen LogP contribution >= 0.6 is 0 Å². The fourth-order valence-electron chi connectivity index (χ4n) is 1.76. The second-order valence-corrected chi connectivity index (χ2v) is 4.68. The maximum absolute atomic E-state index is 6.15. The molecular weight excluding hydrogens is 170 g/mol. The van der Waals surface area contributed by atoms with Crippen LogP contribution in [-0.2, 0) is 6.42 Å². The molecule has 1 aromatic carbocycles. The van der Waals surface area contributed by atoms with Crippen LogP contribution in [0.5, 0.6) is 0 Å². The lowest BCUT2D eigenvalue weighted by Crippen LogP contribution is -2.37. The van der Waals surface area contributed by atoms with E-state index >= 15 is 0 Å². The molecule has 0 aromatic heterocycles. The first-order valence-corrected chi connectivity index (χ1v) is 5.29. The average molecular weight is 191 g/mol. The molecule has 0 aliphatic rings. The second-order valence-electron chi connectivity index (χ2n) is 4.68. The molecule has 0 bridgehead atoms. The van der Waals surface area contributed by atoms with E-state index in [0.29, 0.717) is 0 Å². The summed E-state index contributed by atoms with van der Waals surface area (Å²) in [4.78, 5) is 0. The quantitative estimate of drug-likeness (QED) is 0.781. The summed E-state index contributed by atoms with van der Waals surface area (Å²) in [6.45, 7) is 8.53. The van der Waals surface area contributed by atoms with Crippen LogP contribution in [-0.4, -0.2) is 5.54 Å². The van der Waals surface area contributed by atoms with Crippen LogP contribution in [0.2, 0.25) is 0 Å². The third kappa shape index (κ3) is 3.15. The summed E-state index contributed by atoms with van der Waals surface area (Å²) in [7, 11) is 0. The molecule has 0 fully saturated rings. The van der Waals surface area contributed by atoms with Crippen molar-refractivity contribution >= 4 is 0 Å². The highest BCUT2D eigenvalue weighted by atomic mass is 14.7. The largest absolute Gasteiger partial charge is 0.325 e. The molecule has 0 radical (unpaired) electrons. The van der Waals surface area contributed by atoms with Crippen LogP contribution in [0.15, 0.2) is 18.2 Å². The van der Waals surface area contributed by atoms with Crippen molar-refractivity contribution in [2.24, 2.45) is 5.73 Å². The maximum Gasteiger partial charge on any atom is 0.0163 e. The molecule has 0 spiro atoms. The van der Waals surface area contributed by atoms with E-state index in [2.05, 4.69) is 45.9 Å². The first-order valence-electron chi connectivity index (χ1n) is 5.29. The molecule has 1 unspecified atom stereocenters. The molecule has 1 heteroatoms. The van der Waals surface area contributed by atoms with Crippen LogP contribution in [0.25, 0.3) is 0 Å². The fourth-order valence-corrected chi connectivity index (χ4v) is 1.76. The highest BCUT2D eigenvalue weighted by Gasteiger charge is 2.16. The predicted molar refractivity (Wildman–Crippen MR) is 62.5 cm³/mol. The Balaban J connectivity index is 2.87. The zero-order valence-electron chi connectivity index (χ0n) is 9.72. The van der Waals surface area contributed by atoms with Gasteiger partial charge in [0.1, 0.15) is 0 Å². The van der Waals surface area contributed by atoms with Gasteiger partial charge < -0.3 is 5.73 Å².